The Bertz CT molecular complexity index is 1150. The maximum absolute atomic E-state index is 13.8. The quantitative estimate of drug-likeness (QED) is 0.464. The molecule has 1 aliphatic carbocycles. The van der Waals surface area contributed by atoms with Crippen LogP contribution in [0.3, 0.4) is 0 Å². The van der Waals surface area contributed by atoms with Crippen LogP contribution in [0.15, 0.2) is 53.0 Å². The lowest BCUT2D eigenvalue weighted by Gasteiger charge is -2.34. The van der Waals surface area contributed by atoms with E-state index in [1.54, 1.807) is 24.3 Å². The van der Waals surface area contributed by atoms with Crippen molar-refractivity contribution in [1.82, 2.24) is 10.2 Å². The number of rotatable bonds is 10. The number of nitrogens with zero attached hydrogens (tertiary/aromatic N) is 2. The maximum atomic E-state index is 13.8. The van der Waals surface area contributed by atoms with Crippen molar-refractivity contribution in [3.8, 4) is 0 Å². The summed E-state index contributed by atoms with van der Waals surface area (Å²) in [6.07, 6.45) is 5.56. The van der Waals surface area contributed by atoms with E-state index >= 15 is 0 Å². The molecular weight excluding hydrogens is 530 g/mol. The van der Waals surface area contributed by atoms with Gasteiger partial charge in [-0.25, -0.2) is 8.42 Å². The zero-order valence-electron chi connectivity index (χ0n) is 20.5. The van der Waals surface area contributed by atoms with Crippen molar-refractivity contribution in [3.05, 3.63) is 64.1 Å². The molecule has 1 fully saturated rings. The number of hydrogen-bond donors (Lipinski definition) is 1. The third-order valence-electron chi connectivity index (χ3n) is 6.49. The maximum Gasteiger partial charge on any atom is 0.244 e. The summed E-state index contributed by atoms with van der Waals surface area (Å²) in [5.41, 5.74) is 2.30. The number of anilines is 1. The Morgan fingerprint density at radius 3 is 2.31 bits per heavy atom. The molecule has 1 saturated carbocycles. The standard InChI is InChI=1S/C26H34BrN3O4S/c1-4-23(26(32)28-21-13-7-8-14-21)29(17-20-12-6-5-11-19(20)2)25(31)18-30(35(3,33)34)24-16-10-9-15-22(24)27/h5-6,9-12,15-16,21,23H,4,7-8,13-14,17-18H2,1-3H3,(H,28,32)/t23-/m0/s1. The van der Waals surface area contributed by atoms with E-state index in [1.165, 1.54) is 4.90 Å². The third-order valence-corrected chi connectivity index (χ3v) is 8.29. The van der Waals surface area contributed by atoms with Crippen LogP contribution < -0.4 is 9.62 Å². The lowest BCUT2D eigenvalue weighted by molar-refractivity contribution is -0.140. The fraction of sp³-hybridized carbons (Fsp3) is 0.462. The van der Waals surface area contributed by atoms with Crippen molar-refractivity contribution in [3.63, 3.8) is 0 Å². The van der Waals surface area contributed by atoms with E-state index in [0.717, 1.165) is 47.4 Å². The molecule has 1 aliphatic rings. The molecule has 1 N–H and O–H groups in total. The van der Waals surface area contributed by atoms with Crippen molar-refractivity contribution >= 4 is 43.5 Å². The number of sulfonamides is 1. The fourth-order valence-electron chi connectivity index (χ4n) is 4.51. The zero-order chi connectivity index (χ0) is 25.6. The molecule has 9 heteroatoms. The van der Waals surface area contributed by atoms with Gasteiger partial charge in [0.1, 0.15) is 12.6 Å². The molecule has 190 valence electrons. The third kappa shape index (κ3) is 7.07. The molecule has 3 rings (SSSR count). The lowest BCUT2D eigenvalue weighted by atomic mass is 10.1. The Hall–Kier alpha value is -2.39. The zero-order valence-corrected chi connectivity index (χ0v) is 22.9. The van der Waals surface area contributed by atoms with Crippen LogP contribution in [0.5, 0.6) is 0 Å². The van der Waals surface area contributed by atoms with Crippen LogP contribution in [-0.2, 0) is 26.2 Å². The molecule has 2 aromatic rings. The van der Waals surface area contributed by atoms with Crippen LogP contribution >= 0.6 is 15.9 Å². The van der Waals surface area contributed by atoms with Crippen molar-refractivity contribution in [1.29, 1.82) is 0 Å². The average Bonchev–Trinajstić information content (AvgIpc) is 3.31. The number of amides is 2. The topological polar surface area (TPSA) is 86.8 Å². The van der Waals surface area contributed by atoms with Gasteiger partial charge in [-0.2, -0.15) is 0 Å². The van der Waals surface area contributed by atoms with Crippen LogP contribution in [0.1, 0.15) is 50.2 Å². The Kier molecular flexibility index (Phi) is 9.35. The first-order valence-electron chi connectivity index (χ1n) is 12.0. The van der Waals surface area contributed by atoms with Crippen LogP contribution in [0.2, 0.25) is 0 Å². The van der Waals surface area contributed by atoms with Gasteiger partial charge in [0.25, 0.3) is 0 Å². The summed E-state index contributed by atoms with van der Waals surface area (Å²) in [5, 5.41) is 3.12. The van der Waals surface area contributed by atoms with E-state index in [0.29, 0.717) is 16.6 Å². The van der Waals surface area contributed by atoms with Crippen LogP contribution in [0, 0.1) is 6.92 Å². The van der Waals surface area contributed by atoms with Crippen LogP contribution in [-0.4, -0.2) is 50.0 Å². The second-order valence-corrected chi connectivity index (χ2v) is 11.8. The summed E-state index contributed by atoms with van der Waals surface area (Å²) in [5.74, 6) is -0.615. The molecular formula is C26H34BrN3O4S. The Balaban J connectivity index is 1.94. The predicted molar refractivity (Wildman–Crippen MR) is 143 cm³/mol. The Morgan fingerprint density at radius 1 is 1.09 bits per heavy atom. The van der Waals surface area contributed by atoms with E-state index in [1.807, 2.05) is 38.1 Å². The van der Waals surface area contributed by atoms with E-state index in [2.05, 4.69) is 21.2 Å². The van der Waals surface area contributed by atoms with E-state index < -0.39 is 28.5 Å². The Morgan fingerprint density at radius 2 is 1.71 bits per heavy atom. The molecule has 0 radical (unpaired) electrons. The molecule has 0 spiro atoms. The van der Waals surface area contributed by atoms with Gasteiger partial charge in [0, 0.05) is 17.1 Å². The number of halogens is 1. The van der Waals surface area contributed by atoms with E-state index in [-0.39, 0.29) is 18.5 Å². The van der Waals surface area contributed by atoms with Crippen LogP contribution in [0.25, 0.3) is 0 Å². The number of nitrogens with one attached hydrogen (secondary N) is 1. The first kappa shape index (κ1) is 27.2. The minimum absolute atomic E-state index is 0.125. The van der Waals surface area contributed by atoms with Gasteiger partial charge in [-0.05, 0) is 65.4 Å². The van der Waals surface area contributed by atoms with Gasteiger partial charge in [0.15, 0.2) is 0 Å². The number of carbonyl (C=O) groups is 2. The molecule has 0 heterocycles. The molecule has 0 unspecified atom stereocenters. The molecule has 0 bridgehead atoms. The van der Waals surface area contributed by atoms with E-state index in [4.69, 9.17) is 0 Å². The summed E-state index contributed by atoms with van der Waals surface area (Å²) < 4.78 is 27.1. The summed E-state index contributed by atoms with van der Waals surface area (Å²) >= 11 is 3.40. The van der Waals surface area contributed by atoms with E-state index in [9.17, 15) is 18.0 Å². The first-order chi connectivity index (χ1) is 16.6. The van der Waals surface area contributed by atoms with Crippen molar-refractivity contribution in [2.75, 3.05) is 17.1 Å². The molecule has 0 aliphatic heterocycles. The number of benzene rings is 2. The number of hydrogen-bond acceptors (Lipinski definition) is 4. The molecule has 0 saturated heterocycles. The normalized spacial score (nSPS) is 15.0. The minimum Gasteiger partial charge on any atom is -0.352 e. The summed E-state index contributed by atoms with van der Waals surface area (Å²) in [7, 11) is -3.77. The van der Waals surface area contributed by atoms with Gasteiger partial charge in [0.05, 0.1) is 11.9 Å². The van der Waals surface area contributed by atoms with Gasteiger partial charge in [-0.1, -0.05) is 56.2 Å². The highest BCUT2D eigenvalue weighted by molar-refractivity contribution is 9.10. The highest BCUT2D eigenvalue weighted by Crippen LogP contribution is 2.28. The second kappa shape index (κ2) is 12.0. The molecule has 7 nitrogen and oxygen atoms in total. The second-order valence-electron chi connectivity index (χ2n) is 9.08. The largest absolute Gasteiger partial charge is 0.352 e. The molecule has 0 aromatic heterocycles. The fourth-order valence-corrected chi connectivity index (χ4v) is 5.98. The molecule has 1 atom stereocenters. The van der Waals surface area contributed by atoms with Gasteiger partial charge in [0.2, 0.25) is 21.8 Å². The molecule has 35 heavy (non-hydrogen) atoms. The molecule has 2 aromatic carbocycles. The summed E-state index contributed by atoms with van der Waals surface area (Å²) in [6, 6.07) is 14.0. The number of aryl methyl sites for hydroxylation is 1. The van der Waals surface area contributed by atoms with Crippen molar-refractivity contribution in [2.24, 2.45) is 0 Å². The molecule has 2 amide bonds. The Labute approximate surface area is 217 Å². The number of para-hydroxylation sites is 1. The van der Waals surface area contributed by atoms with Crippen molar-refractivity contribution < 1.29 is 18.0 Å². The lowest BCUT2D eigenvalue weighted by Crippen LogP contribution is -2.53. The van der Waals surface area contributed by atoms with Gasteiger partial charge >= 0.3 is 0 Å². The highest BCUT2D eigenvalue weighted by Gasteiger charge is 2.33. The monoisotopic (exact) mass is 563 g/mol. The average molecular weight is 565 g/mol. The minimum atomic E-state index is -3.77. The van der Waals surface area contributed by atoms with Crippen molar-refractivity contribution in [2.45, 2.75) is 64.6 Å². The van der Waals surface area contributed by atoms with Gasteiger partial charge < -0.3 is 10.2 Å². The summed E-state index contributed by atoms with van der Waals surface area (Å²) in [6.45, 7) is 3.65. The van der Waals surface area contributed by atoms with Gasteiger partial charge in [-0.3, -0.25) is 13.9 Å². The van der Waals surface area contributed by atoms with Gasteiger partial charge in [-0.15, -0.1) is 0 Å². The summed E-state index contributed by atoms with van der Waals surface area (Å²) in [4.78, 5) is 28.6. The SMILES string of the molecule is CC[C@@H](C(=O)NC1CCCC1)N(Cc1ccccc1C)C(=O)CN(c1ccccc1Br)S(C)(=O)=O. The highest BCUT2D eigenvalue weighted by atomic mass is 79.9. The number of carbonyl (C=O) groups excluding carboxylic acids is 2. The van der Waals surface area contributed by atoms with Crippen LogP contribution in [0.4, 0.5) is 5.69 Å². The first-order valence-corrected chi connectivity index (χ1v) is 14.6. The smallest absolute Gasteiger partial charge is 0.244 e. The predicted octanol–water partition coefficient (Wildman–Crippen LogP) is 4.39.